The third-order valence-corrected chi connectivity index (χ3v) is 3.79. The van der Waals surface area contributed by atoms with Gasteiger partial charge in [-0.15, -0.1) is 0 Å². The highest BCUT2D eigenvalue weighted by Crippen LogP contribution is 2.37. The fourth-order valence-corrected chi connectivity index (χ4v) is 2.67. The van der Waals surface area contributed by atoms with Crippen LogP contribution in [-0.2, 0) is 6.42 Å². The van der Waals surface area contributed by atoms with Crippen LogP contribution in [0.1, 0.15) is 17.2 Å². The molecule has 1 unspecified atom stereocenters. The maximum atomic E-state index is 13.7. The van der Waals surface area contributed by atoms with E-state index in [-0.39, 0.29) is 5.82 Å². The number of nitrogens with two attached hydrogens (primary N) is 1. The number of halogens is 2. The first kappa shape index (κ1) is 14.2. The van der Waals surface area contributed by atoms with Crippen molar-refractivity contribution in [1.82, 2.24) is 0 Å². The standard InChI is InChI=1S/C16H15ClFNO2/c17-12-9-16-15(20-5-6-21-16)8-11(12)14(19)7-10-3-1-2-4-13(10)18/h1-4,8-9,14H,5-7,19H2. The van der Waals surface area contributed by atoms with E-state index < -0.39 is 6.04 Å². The van der Waals surface area contributed by atoms with Crippen molar-refractivity contribution < 1.29 is 13.9 Å². The third kappa shape index (κ3) is 2.96. The first-order valence-corrected chi connectivity index (χ1v) is 7.11. The van der Waals surface area contributed by atoms with Crippen molar-refractivity contribution in [2.24, 2.45) is 5.73 Å². The van der Waals surface area contributed by atoms with Crippen LogP contribution in [0, 0.1) is 5.82 Å². The Morgan fingerprint density at radius 1 is 1.14 bits per heavy atom. The second-order valence-corrected chi connectivity index (χ2v) is 5.33. The van der Waals surface area contributed by atoms with E-state index >= 15 is 0 Å². The van der Waals surface area contributed by atoms with E-state index in [0.717, 1.165) is 5.56 Å². The minimum atomic E-state index is -0.412. The van der Waals surface area contributed by atoms with Gasteiger partial charge < -0.3 is 15.2 Å². The molecule has 0 saturated heterocycles. The van der Waals surface area contributed by atoms with Crippen LogP contribution < -0.4 is 15.2 Å². The second kappa shape index (κ2) is 5.92. The number of hydrogen-bond donors (Lipinski definition) is 1. The van der Waals surface area contributed by atoms with E-state index in [9.17, 15) is 4.39 Å². The average molecular weight is 308 g/mol. The molecule has 2 aromatic rings. The van der Waals surface area contributed by atoms with Gasteiger partial charge in [-0.25, -0.2) is 4.39 Å². The molecule has 0 aliphatic carbocycles. The Hall–Kier alpha value is -1.78. The van der Waals surface area contributed by atoms with Crippen molar-refractivity contribution in [3.63, 3.8) is 0 Å². The fraction of sp³-hybridized carbons (Fsp3) is 0.250. The zero-order valence-corrected chi connectivity index (χ0v) is 12.1. The average Bonchev–Trinajstić information content (AvgIpc) is 2.49. The molecule has 0 spiro atoms. The molecule has 110 valence electrons. The number of rotatable bonds is 3. The first-order chi connectivity index (χ1) is 10.1. The molecule has 1 heterocycles. The highest BCUT2D eigenvalue weighted by Gasteiger charge is 2.19. The van der Waals surface area contributed by atoms with Crippen molar-refractivity contribution in [1.29, 1.82) is 0 Å². The Morgan fingerprint density at radius 3 is 2.52 bits per heavy atom. The maximum Gasteiger partial charge on any atom is 0.162 e. The van der Waals surface area contributed by atoms with E-state index in [4.69, 9.17) is 26.8 Å². The molecule has 3 nitrogen and oxygen atoms in total. The largest absolute Gasteiger partial charge is 0.486 e. The molecule has 1 aliphatic rings. The van der Waals surface area contributed by atoms with Crippen LogP contribution >= 0.6 is 11.6 Å². The molecule has 0 amide bonds. The summed E-state index contributed by atoms with van der Waals surface area (Å²) in [7, 11) is 0. The number of ether oxygens (including phenoxy) is 2. The van der Waals surface area contributed by atoms with Gasteiger partial charge in [-0.3, -0.25) is 0 Å². The zero-order chi connectivity index (χ0) is 14.8. The predicted octanol–water partition coefficient (Wildman–Crippen LogP) is 3.49. The van der Waals surface area contributed by atoms with Crippen molar-refractivity contribution in [2.45, 2.75) is 12.5 Å². The van der Waals surface area contributed by atoms with E-state index in [0.29, 0.717) is 41.7 Å². The Morgan fingerprint density at radius 2 is 1.81 bits per heavy atom. The maximum absolute atomic E-state index is 13.7. The summed E-state index contributed by atoms with van der Waals surface area (Å²) >= 11 is 6.25. The lowest BCUT2D eigenvalue weighted by Crippen LogP contribution is -2.18. The molecule has 3 rings (SSSR count). The van der Waals surface area contributed by atoms with Gasteiger partial charge >= 0.3 is 0 Å². The number of benzene rings is 2. The predicted molar refractivity (Wildman–Crippen MR) is 79.5 cm³/mol. The van der Waals surface area contributed by atoms with Gasteiger partial charge in [0.25, 0.3) is 0 Å². The van der Waals surface area contributed by atoms with Gasteiger partial charge in [0.1, 0.15) is 19.0 Å². The summed E-state index contributed by atoms with van der Waals surface area (Å²) in [5.41, 5.74) is 7.47. The molecular weight excluding hydrogens is 293 g/mol. The minimum Gasteiger partial charge on any atom is -0.486 e. The molecule has 0 aromatic heterocycles. The van der Waals surface area contributed by atoms with Crippen LogP contribution in [-0.4, -0.2) is 13.2 Å². The van der Waals surface area contributed by atoms with Crippen molar-refractivity contribution in [2.75, 3.05) is 13.2 Å². The summed E-state index contributed by atoms with van der Waals surface area (Å²) in [4.78, 5) is 0. The fourth-order valence-electron chi connectivity index (χ4n) is 2.37. The molecule has 1 atom stereocenters. The molecule has 0 bridgehead atoms. The quantitative estimate of drug-likeness (QED) is 0.944. The monoisotopic (exact) mass is 307 g/mol. The van der Waals surface area contributed by atoms with Crippen molar-refractivity contribution >= 4 is 11.6 Å². The lowest BCUT2D eigenvalue weighted by Gasteiger charge is -2.22. The van der Waals surface area contributed by atoms with Crippen LogP contribution in [0.15, 0.2) is 36.4 Å². The molecular formula is C16H15ClFNO2. The van der Waals surface area contributed by atoms with Crippen LogP contribution in [0.5, 0.6) is 11.5 Å². The van der Waals surface area contributed by atoms with Crippen LogP contribution in [0.25, 0.3) is 0 Å². The van der Waals surface area contributed by atoms with Gasteiger partial charge in [-0.2, -0.15) is 0 Å². The van der Waals surface area contributed by atoms with Crippen LogP contribution in [0.4, 0.5) is 4.39 Å². The molecule has 1 aliphatic heterocycles. The molecule has 2 aromatic carbocycles. The molecule has 0 fully saturated rings. The summed E-state index contributed by atoms with van der Waals surface area (Å²) in [5.74, 6) is 0.986. The summed E-state index contributed by atoms with van der Waals surface area (Å²) < 4.78 is 24.7. The highest BCUT2D eigenvalue weighted by molar-refractivity contribution is 6.31. The lowest BCUT2D eigenvalue weighted by molar-refractivity contribution is 0.171. The van der Waals surface area contributed by atoms with Gasteiger partial charge in [-0.1, -0.05) is 29.8 Å². The highest BCUT2D eigenvalue weighted by atomic mass is 35.5. The molecule has 5 heteroatoms. The normalized spacial score (nSPS) is 14.8. The summed E-state index contributed by atoms with van der Waals surface area (Å²) in [5, 5.41) is 0.503. The lowest BCUT2D eigenvalue weighted by atomic mass is 9.98. The van der Waals surface area contributed by atoms with Gasteiger partial charge in [0.05, 0.1) is 0 Å². The van der Waals surface area contributed by atoms with Crippen molar-refractivity contribution in [3.8, 4) is 11.5 Å². The Balaban J connectivity index is 1.87. The molecule has 0 radical (unpaired) electrons. The summed E-state index contributed by atoms with van der Waals surface area (Å²) in [6.07, 6.45) is 0.367. The first-order valence-electron chi connectivity index (χ1n) is 6.73. The van der Waals surface area contributed by atoms with Gasteiger partial charge in [0.2, 0.25) is 0 Å². The number of fused-ring (bicyclic) bond motifs is 1. The zero-order valence-electron chi connectivity index (χ0n) is 11.3. The van der Waals surface area contributed by atoms with E-state index in [1.807, 2.05) is 0 Å². The van der Waals surface area contributed by atoms with Gasteiger partial charge in [0, 0.05) is 17.1 Å². The molecule has 21 heavy (non-hydrogen) atoms. The Kier molecular flexibility index (Phi) is 3.99. The van der Waals surface area contributed by atoms with Crippen LogP contribution in [0.3, 0.4) is 0 Å². The van der Waals surface area contributed by atoms with E-state index in [1.165, 1.54) is 6.07 Å². The summed E-state index contributed by atoms with van der Waals surface area (Å²) in [6, 6.07) is 9.66. The SMILES string of the molecule is NC(Cc1ccccc1F)c1cc2c(cc1Cl)OCCO2. The van der Waals surface area contributed by atoms with Crippen molar-refractivity contribution in [3.05, 3.63) is 58.4 Å². The third-order valence-electron chi connectivity index (χ3n) is 3.46. The molecule has 0 saturated carbocycles. The van der Waals surface area contributed by atoms with Crippen LogP contribution in [0.2, 0.25) is 5.02 Å². The van der Waals surface area contributed by atoms with E-state index in [1.54, 1.807) is 30.3 Å². The Bertz CT molecular complexity index is 663. The number of hydrogen-bond acceptors (Lipinski definition) is 3. The Labute approximate surface area is 127 Å². The minimum absolute atomic E-state index is 0.262. The van der Waals surface area contributed by atoms with Gasteiger partial charge in [0.15, 0.2) is 11.5 Å². The smallest absolute Gasteiger partial charge is 0.162 e. The second-order valence-electron chi connectivity index (χ2n) is 4.92. The van der Waals surface area contributed by atoms with Gasteiger partial charge in [-0.05, 0) is 29.7 Å². The topological polar surface area (TPSA) is 44.5 Å². The summed E-state index contributed by atoms with van der Waals surface area (Å²) in [6.45, 7) is 1.00. The molecule has 2 N–H and O–H groups in total. The van der Waals surface area contributed by atoms with E-state index in [2.05, 4.69) is 0 Å².